The zero-order valence-corrected chi connectivity index (χ0v) is 16.1. The van der Waals surface area contributed by atoms with Crippen LogP contribution in [0.15, 0.2) is 35.1 Å². The normalized spacial score (nSPS) is 15.7. The van der Waals surface area contributed by atoms with Gasteiger partial charge in [0.1, 0.15) is 5.75 Å². The van der Waals surface area contributed by atoms with Gasteiger partial charge in [-0.25, -0.2) is 4.79 Å². The number of aliphatic hydroxyl groups is 1. The summed E-state index contributed by atoms with van der Waals surface area (Å²) in [7, 11) is 1.66. The zero-order chi connectivity index (χ0) is 20.4. The first-order valence-corrected chi connectivity index (χ1v) is 8.85. The highest BCUT2D eigenvalue weighted by Gasteiger charge is 2.43. The Morgan fingerprint density at radius 2 is 2.19 bits per heavy atom. The minimum atomic E-state index is -2.09. The standard InChI is InChI=1S/C19H30N4O4/c1-13(2)8-17(21)19(26,18(24)25)10-15-9-16(4-6-23-15)27-7-5-14(11-20)12-22-3/h4,6,9,11-13,17,26H,5,7-8,10,20-21H2,1-3H3,(H,24,25)/t17-,19+/m0/s1. The molecule has 1 heterocycles. The first-order valence-electron chi connectivity index (χ1n) is 8.85. The Morgan fingerprint density at radius 3 is 2.74 bits per heavy atom. The molecule has 6 N–H and O–H groups in total. The molecule has 1 aromatic heterocycles. The summed E-state index contributed by atoms with van der Waals surface area (Å²) in [5.74, 6) is -0.680. The van der Waals surface area contributed by atoms with Gasteiger partial charge in [0, 0.05) is 50.1 Å². The summed E-state index contributed by atoms with van der Waals surface area (Å²) in [4.78, 5) is 19.7. The number of ether oxygens (including phenoxy) is 1. The van der Waals surface area contributed by atoms with Crippen molar-refractivity contribution < 1.29 is 19.7 Å². The van der Waals surface area contributed by atoms with Crippen molar-refractivity contribution in [3.8, 4) is 5.75 Å². The van der Waals surface area contributed by atoms with Crippen LogP contribution in [0.2, 0.25) is 0 Å². The van der Waals surface area contributed by atoms with Crippen LogP contribution in [0.5, 0.6) is 5.75 Å². The van der Waals surface area contributed by atoms with Crippen molar-refractivity contribution in [2.45, 2.75) is 44.8 Å². The molecule has 0 bridgehead atoms. The van der Waals surface area contributed by atoms with Gasteiger partial charge < -0.3 is 26.4 Å². The Balaban J connectivity index is 2.83. The lowest BCUT2D eigenvalue weighted by Crippen LogP contribution is -2.56. The van der Waals surface area contributed by atoms with E-state index in [9.17, 15) is 15.0 Å². The predicted molar refractivity (Wildman–Crippen MR) is 105 cm³/mol. The van der Waals surface area contributed by atoms with Crippen molar-refractivity contribution in [3.05, 3.63) is 35.8 Å². The molecule has 150 valence electrons. The topological polar surface area (TPSA) is 144 Å². The maximum atomic E-state index is 11.7. The Kier molecular flexibility index (Phi) is 8.90. The summed E-state index contributed by atoms with van der Waals surface area (Å²) in [6, 6.07) is 2.36. The van der Waals surface area contributed by atoms with E-state index in [1.54, 1.807) is 25.4 Å². The fourth-order valence-corrected chi connectivity index (χ4v) is 2.63. The van der Waals surface area contributed by atoms with Gasteiger partial charge in [-0.3, -0.25) is 9.98 Å². The van der Waals surface area contributed by atoms with Gasteiger partial charge in [0.25, 0.3) is 0 Å². The molecule has 0 unspecified atom stereocenters. The van der Waals surface area contributed by atoms with E-state index in [0.29, 0.717) is 30.9 Å². The second-order valence-corrected chi connectivity index (χ2v) is 6.85. The number of pyridine rings is 1. The highest BCUT2D eigenvalue weighted by molar-refractivity contribution is 5.79. The third-order valence-electron chi connectivity index (χ3n) is 4.12. The van der Waals surface area contributed by atoms with E-state index in [2.05, 4.69) is 9.98 Å². The van der Waals surface area contributed by atoms with Gasteiger partial charge in [0.05, 0.1) is 6.61 Å². The van der Waals surface area contributed by atoms with Crippen molar-refractivity contribution in [1.29, 1.82) is 0 Å². The predicted octanol–water partition coefficient (Wildman–Crippen LogP) is 1.13. The van der Waals surface area contributed by atoms with E-state index in [4.69, 9.17) is 16.2 Å². The Labute approximate surface area is 160 Å². The molecule has 27 heavy (non-hydrogen) atoms. The zero-order valence-electron chi connectivity index (χ0n) is 16.1. The fourth-order valence-electron chi connectivity index (χ4n) is 2.63. The lowest BCUT2D eigenvalue weighted by atomic mass is 9.84. The van der Waals surface area contributed by atoms with Crippen LogP contribution in [0.25, 0.3) is 0 Å². The molecule has 1 aromatic rings. The molecule has 0 aliphatic carbocycles. The molecule has 0 aliphatic rings. The molecule has 1 rings (SSSR count). The summed E-state index contributed by atoms with van der Waals surface area (Å²) in [6.07, 6.45) is 5.38. The van der Waals surface area contributed by atoms with Crippen LogP contribution < -0.4 is 16.2 Å². The molecular weight excluding hydrogens is 348 g/mol. The highest BCUT2D eigenvalue weighted by Crippen LogP contribution is 2.23. The van der Waals surface area contributed by atoms with E-state index in [0.717, 1.165) is 5.57 Å². The molecule has 0 spiro atoms. The maximum absolute atomic E-state index is 11.7. The number of hydrogen-bond acceptors (Lipinski definition) is 7. The molecule has 8 heteroatoms. The van der Waals surface area contributed by atoms with Crippen LogP contribution in [0.4, 0.5) is 0 Å². The van der Waals surface area contributed by atoms with Crippen LogP contribution in [-0.4, -0.2) is 52.7 Å². The van der Waals surface area contributed by atoms with Gasteiger partial charge >= 0.3 is 5.97 Å². The first kappa shape index (κ1) is 22.6. The first-order chi connectivity index (χ1) is 12.7. The van der Waals surface area contributed by atoms with E-state index in [1.807, 2.05) is 13.8 Å². The number of rotatable bonds is 11. The third kappa shape index (κ3) is 6.99. The summed E-state index contributed by atoms with van der Waals surface area (Å²) in [6.45, 7) is 4.21. The maximum Gasteiger partial charge on any atom is 0.337 e. The Hall–Kier alpha value is -2.45. The fraction of sp³-hybridized carbons (Fsp3) is 0.526. The number of aromatic nitrogens is 1. The van der Waals surface area contributed by atoms with E-state index >= 15 is 0 Å². The summed E-state index contributed by atoms with van der Waals surface area (Å²) < 4.78 is 5.67. The van der Waals surface area contributed by atoms with E-state index < -0.39 is 17.6 Å². The number of aliphatic imine (C=N–C) groups is 1. The van der Waals surface area contributed by atoms with Crippen molar-refractivity contribution in [3.63, 3.8) is 0 Å². The summed E-state index contributed by atoms with van der Waals surface area (Å²) in [5, 5.41) is 20.2. The molecule has 0 aromatic carbocycles. The van der Waals surface area contributed by atoms with Gasteiger partial charge in [-0.05, 0) is 30.2 Å². The third-order valence-corrected chi connectivity index (χ3v) is 4.12. The average molecular weight is 378 g/mol. The number of carbonyl (C=O) groups is 1. The Bertz CT molecular complexity index is 675. The molecule has 0 aliphatic heterocycles. The van der Waals surface area contributed by atoms with Gasteiger partial charge in [-0.2, -0.15) is 0 Å². The average Bonchev–Trinajstić information content (AvgIpc) is 2.60. The van der Waals surface area contributed by atoms with E-state index in [1.165, 1.54) is 12.4 Å². The van der Waals surface area contributed by atoms with Gasteiger partial charge in [-0.1, -0.05) is 13.8 Å². The number of carboxylic acid groups (broad SMARTS) is 1. The second-order valence-electron chi connectivity index (χ2n) is 6.85. The molecular formula is C19H30N4O4. The molecule has 0 amide bonds. The largest absolute Gasteiger partial charge is 0.493 e. The van der Waals surface area contributed by atoms with Gasteiger partial charge in [0.15, 0.2) is 5.60 Å². The number of nitrogens with zero attached hydrogens (tertiary/aromatic N) is 2. The quantitative estimate of drug-likeness (QED) is 0.422. The monoisotopic (exact) mass is 378 g/mol. The minimum Gasteiger partial charge on any atom is -0.493 e. The number of aliphatic carboxylic acids is 1. The van der Waals surface area contributed by atoms with Crippen LogP contribution in [0.1, 0.15) is 32.4 Å². The van der Waals surface area contributed by atoms with Gasteiger partial charge in [-0.15, -0.1) is 0 Å². The summed E-state index contributed by atoms with van der Waals surface area (Å²) >= 11 is 0. The SMILES string of the molecule is CN=CC(=CN)CCOc1ccnc(C[C@](O)(C(=O)O)[C@@H](N)CC(C)C)c1. The van der Waals surface area contributed by atoms with Gasteiger partial charge in [0.2, 0.25) is 0 Å². The molecule has 0 saturated carbocycles. The van der Waals surface area contributed by atoms with Crippen molar-refractivity contribution in [2.24, 2.45) is 22.4 Å². The van der Waals surface area contributed by atoms with Crippen molar-refractivity contribution in [1.82, 2.24) is 4.98 Å². The van der Waals surface area contributed by atoms with Crippen LogP contribution in [0, 0.1) is 5.92 Å². The number of nitrogens with two attached hydrogens (primary N) is 2. The minimum absolute atomic E-state index is 0.157. The molecule has 8 nitrogen and oxygen atoms in total. The highest BCUT2D eigenvalue weighted by atomic mass is 16.5. The van der Waals surface area contributed by atoms with Crippen LogP contribution in [0.3, 0.4) is 0 Å². The lowest BCUT2D eigenvalue weighted by molar-refractivity contribution is -0.161. The molecule has 0 fully saturated rings. The smallest absolute Gasteiger partial charge is 0.337 e. The summed E-state index contributed by atoms with van der Waals surface area (Å²) in [5.41, 5.74) is 10.6. The molecule has 0 saturated heterocycles. The van der Waals surface area contributed by atoms with Crippen molar-refractivity contribution >= 4 is 12.2 Å². The van der Waals surface area contributed by atoms with E-state index in [-0.39, 0.29) is 12.3 Å². The number of carboxylic acids is 1. The van der Waals surface area contributed by atoms with Crippen LogP contribution in [-0.2, 0) is 11.2 Å². The second kappa shape index (κ2) is 10.6. The lowest BCUT2D eigenvalue weighted by Gasteiger charge is -2.30. The van der Waals surface area contributed by atoms with Crippen molar-refractivity contribution in [2.75, 3.05) is 13.7 Å². The molecule has 2 atom stereocenters. The Morgan fingerprint density at radius 1 is 1.48 bits per heavy atom. The molecule has 0 radical (unpaired) electrons. The number of hydrogen-bond donors (Lipinski definition) is 4. The van der Waals surface area contributed by atoms with Crippen LogP contribution >= 0.6 is 0 Å².